The van der Waals surface area contributed by atoms with Crippen LogP contribution in [-0.4, -0.2) is 28.9 Å². The maximum absolute atomic E-state index is 12.5. The number of hydrogen-bond donors (Lipinski definition) is 1. The smallest absolute Gasteiger partial charge is 0.227 e. The Kier molecular flexibility index (Phi) is 6.55. The molecule has 1 saturated heterocycles. The van der Waals surface area contributed by atoms with Crippen molar-refractivity contribution in [1.82, 2.24) is 9.78 Å². The van der Waals surface area contributed by atoms with Gasteiger partial charge in [0.25, 0.3) is 0 Å². The van der Waals surface area contributed by atoms with Crippen molar-refractivity contribution in [3.05, 3.63) is 60.3 Å². The number of carbonyl (C=O) groups excluding carboxylic acids is 1. The molecule has 3 aromatic rings. The number of rotatable bonds is 6. The normalized spacial score (nSPS) is 14.1. The summed E-state index contributed by atoms with van der Waals surface area (Å²) in [6.45, 7) is 1.27. The summed E-state index contributed by atoms with van der Waals surface area (Å²) in [6, 6.07) is 17.1. The number of hydrogen-bond acceptors (Lipinski definition) is 6. The SMILES string of the molecule is Cn1nccc1Oc1ccc(Sc2cccc(NC(=O)C3CCOCC3)c2)cc1C#N. The highest BCUT2D eigenvalue weighted by Gasteiger charge is 2.21. The lowest BCUT2D eigenvalue weighted by atomic mass is 9.99. The molecule has 0 bridgehead atoms. The van der Waals surface area contributed by atoms with Crippen molar-refractivity contribution in [2.75, 3.05) is 18.5 Å². The van der Waals surface area contributed by atoms with Crippen molar-refractivity contribution in [2.24, 2.45) is 13.0 Å². The van der Waals surface area contributed by atoms with Crippen LogP contribution in [0.4, 0.5) is 5.69 Å². The third-order valence-electron chi connectivity index (χ3n) is 4.99. The fourth-order valence-corrected chi connectivity index (χ4v) is 4.22. The van der Waals surface area contributed by atoms with E-state index in [-0.39, 0.29) is 11.8 Å². The number of amides is 1. The van der Waals surface area contributed by atoms with E-state index in [1.165, 1.54) is 11.8 Å². The fourth-order valence-electron chi connectivity index (χ4n) is 3.30. The van der Waals surface area contributed by atoms with Crippen LogP contribution in [0.15, 0.2) is 64.5 Å². The van der Waals surface area contributed by atoms with Crippen molar-refractivity contribution in [3.63, 3.8) is 0 Å². The Labute approximate surface area is 185 Å². The second-order valence-corrected chi connectivity index (χ2v) is 8.32. The van der Waals surface area contributed by atoms with Gasteiger partial charge in [-0.15, -0.1) is 0 Å². The summed E-state index contributed by atoms with van der Waals surface area (Å²) >= 11 is 1.52. The van der Waals surface area contributed by atoms with E-state index < -0.39 is 0 Å². The fraction of sp³-hybridized carbons (Fsp3) is 0.261. The van der Waals surface area contributed by atoms with Crippen LogP contribution < -0.4 is 10.1 Å². The summed E-state index contributed by atoms with van der Waals surface area (Å²) in [4.78, 5) is 14.4. The lowest BCUT2D eigenvalue weighted by Crippen LogP contribution is -2.28. The van der Waals surface area contributed by atoms with E-state index in [9.17, 15) is 10.1 Å². The number of nitrogens with one attached hydrogen (secondary N) is 1. The molecule has 0 radical (unpaired) electrons. The van der Waals surface area contributed by atoms with Gasteiger partial charge in [0.15, 0.2) is 0 Å². The Hall–Kier alpha value is -3.28. The molecule has 1 aliphatic rings. The first kappa shape index (κ1) is 21.0. The van der Waals surface area contributed by atoms with Crippen LogP contribution in [0.1, 0.15) is 18.4 Å². The third kappa shape index (κ3) is 5.26. The molecule has 0 atom stereocenters. The number of nitrogens with zero attached hydrogens (tertiary/aromatic N) is 3. The van der Waals surface area contributed by atoms with Crippen LogP contribution >= 0.6 is 11.8 Å². The summed E-state index contributed by atoms with van der Waals surface area (Å²) in [5.41, 5.74) is 1.20. The van der Waals surface area contributed by atoms with Gasteiger partial charge < -0.3 is 14.8 Å². The van der Waals surface area contributed by atoms with Crippen LogP contribution in [0, 0.1) is 17.2 Å². The minimum atomic E-state index is -0.00443. The quantitative estimate of drug-likeness (QED) is 0.610. The summed E-state index contributed by atoms with van der Waals surface area (Å²) in [7, 11) is 1.78. The first-order valence-corrected chi connectivity index (χ1v) is 10.8. The van der Waals surface area contributed by atoms with Gasteiger partial charge in [-0.1, -0.05) is 17.8 Å². The van der Waals surface area contributed by atoms with E-state index in [0.717, 1.165) is 28.3 Å². The standard InChI is InChI=1S/C23H22N4O3S/c1-27-22(7-10-25-27)30-21-6-5-20(13-17(21)15-24)31-19-4-2-3-18(14-19)26-23(28)16-8-11-29-12-9-16/h2-7,10,13-14,16H,8-9,11-12H2,1H3,(H,26,28). The molecule has 7 nitrogen and oxygen atoms in total. The molecule has 1 amide bonds. The van der Waals surface area contributed by atoms with Gasteiger partial charge in [0, 0.05) is 47.7 Å². The third-order valence-corrected chi connectivity index (χ3v) is 5.97. The first-order valence-electron chi connectivity index (χ1n) is 9.99. The molecule has 0 aliphatic carbocycles. The lowest BCUT2D eigenvalue weighted by molar-refractivity contribution is -0.122. The van der Waals surface area contributed by atoms with Gasteiger partial charge >= 0.3 is 0 Å². The van der Waals surface area contributed by atoms with Crippen molar-refractivity contribution in [2.45, 2.75) is 22.6 Å². The largest absolute Gasteiger partial charge is 0.438 e. The van der Waals surface area contributed by atoms with Crippen molar-refractivity contribution >= 4 is 23.4 Å². The molecule has 1 N–H and O–H groups in total. The second-order valence-electron chi connectivity index (χ2n) is 7.17. The number of carbonyl (C=O) groups is 1. The molecule has 1 aliphatic heterocycles. The Morgan fingerprint density at radius 3 is 2.77 bits per heavy atom. The average Bonchev–Trinajstić information content (AvgIpc) is 3.20. The second kappa shape index (κ2) is 9.69. The van der Waals surface area contributed by atoms with Crippen LogP contribution in [0.5, 0.6) is 11.6 Å². The number of aromatic nitrogens is 2. The van der Waals surface area contributed by atoms with Crippen molar-refractivity contribution in [3.8, 4) is 17.7 Å². The Balaban J connectivity index is 1.45. The molecule has 158 valence electrons. The highest BCUT2D eigenvalue weighted by molar-refractivity contribution is 7.99. The molecule has 0 saturated carbocycles. The van der Waals surface area contributed by atoms with Crippen molar-refractivity contribution < 1.29 is 14.3 Å². The summed E-state index contributed by atoms with van der Waals surface area (Å²) in [5.74, 6) is 1.07. The topological polar surface area (TPSA) is 89.2 Å². The van der Waals surface area contributed by atoms with Gasteiger partial charge in [0.1, 0.15) is 11.8 Å². The van der Waals surface area contributed by atoms with Crippen molar-refractivity contribution in [1.29, 1.82) is 5.26 Å². The van der Waals surface area contributed by atoms with E-state index in [4.69, 9.17) is 9.47 Å². The molecule has 4 rings (SSSR count). The molecule has 0 unspecified atom stereocenters. The molecular formula is C23H22N4O3S. The zero-order valence-electron chi connectivity index (χ0n) is 17.1. The molecular weight excluding hydrogens is 412 g/mol. The van der Waals surface area contributed by atoms with Crippen LogP contribution in [0.2, 0.25) is 0 Å². The molecule has 1 aromatic heterocycles. The lowest BCUT2D eigenvalue weighted by Gasteiger charge is -2.21. The molecule has 2 heterocycles. The van der Waals surface area contributed by atoms with E-state index in [2.05, 4.69) is 16.5 Å². The van der Waals surface area contributed by atoms with Crippen LogP contribution in [0.25, 0.3) is 0 Å². The van der Waals surface area contributed by atoms with Gasteiger partial charge in [-0.25, -0.2) is 4.68 Å². The van der Waals surface area contributed by atoms with E-state index in [1.54, 1.807) is 36.1 Å². The van der Waals surface area contributed by atoms with E-state index in [1.807, 2.05) is 30.3 Å². The van der Waals surface area contributed by atoms with E-state index in [0.29, 0.717) is 30.4 Å². The Bertz CT molecular complexity index is 1120. The summed E-state index contributed by atoms with van der Waals surface area (Å²) in [6.07, 6.45) is 3.15. The molecule has 31 heavy (non-hydrogen) atoms. The maximum Gasteiger partial charge on any atom is 0.227 e. The van der Waals surface area contributed by atoms with Gasteiger partial charge in [0.05, 0.1) is 11.8 Å². The summed E-state index contributed by atoms with van der Waals surface area (Å²) < 4.78 is 12.7. The average molecular weight is 435 g/mol. The molecule has 8 heteroatoms. The highest BCUT2D eigenvalue weighted by Crippen LogP contribution is 2.34. The Morgan fingerprint density at radius 2 is 2.03 bits per heavy atom. The minimum absolute atomic E-state index is 0.00443. The number of nitriles is 1. The van der Waals surface area contributed by atoms with Crippen LogP contribution in [-0.2, 0) is 16.6 Å². The van der Waals surface area contributed by atoms with Gasteiger partial charge in [-0.3, -0.25) is 4.79 Å². The first-order chi connectivity index (χ1) is 15.1. The Morgan fingerprint density at radius 1 is 1.23 bits per heavy atom. The predicted molar refractivity (Wildman–Crippen MR) is 117 cm³/mol. The van der Waals surface area contributed by atoms with Gasteiger partial charge in [0.2, 0.25) is 11.8 Å². The predicted octanol–water partition coefficient (Wildman–Crippen LogP) is 4.60. The highest BCUT2D eigenvalue weighted by atomic mass is 32.2. The number of benzene rings is 2. The summed E-state index contributed by atoms with van der Waals surface area (Å²) in [5, 5.41) is 16.6. The number of aryl methyl sites for hydroxylation is 1. The molecule has 1 fully saturated rings. The van der Waals surface area contributed by atoms with Gasteiger partial charge in [-0.05, 0) is 49.2 Å². The van der Waals surface area contributed by atoms with Gasteiger partial charge in [-0.2, -0.15) is 10.4 Å². The number of anilines is 1. The molecule has 0 spiro atoms. The molecule has 2 aromatic carbocycles. The minimum Gasteiger partial charge on any atom is -0.438 e. The monoisotopic (exact) mass is 434 g/mol. The zero-order chi connectivity index (χ0) is 21.6. The number of ether oxygens (including phenoxy) is 2. The van der Waals surface area contributed by atoms with Crippen LogP contribution in [0.3, 0.4) is 0 Å². The zero-order valence-corrected chi connectivity index (χ0v) is 17.9. The maximum atomic E-state index is 12.5. The van der Waals surface area contributed by atoms with E-state index >= 15 is 0 Å².